The zero-order valence-electron chi connectivity index (χ0n) is 11.3. The number of hydrogen-bond acceptors (Lipinski definition) is 3. The molecule has 1 heterocycles. The molecule has 1 unspecified atom stereocenters. The van der Waals surface area contributed by atoms with E-state index in [1.807, 2.05) is 12.4 Å². The molecule has 0 saturated carbocycles. The highest BCUT2D eigenvalue weighted by atomic mass is 14.9. The largest absolute Gasteiger partial charge is 0.384 e. The number of rotatable bonds is 8. The van der Waals surface area contributed by atoms with Gasteiger partial charge in [0.05, 0.1) is 23.8 Å². The first-order valence-corrected chi connectivity index (χ1v) is 6.71. The minimum atomic E-state index is 0.514. The SMILES string of the molecule is CCCCCC(C)Nc1cncc(NCC)c1. The third-order valence-corrected chi connectivity index (χ3v) is 2.77. The highest BCUT2D eigenvalue weighted by molar-refractivity contribution is 5.54. The average Bonchev–Trinajstić information content (AvgIpc) is 2.30. The van der Waals surface area contributed by atoms with Gasteiger partial charge in [0, 0.05) is 12.6 Å². The van der Waals surface area contributed by atoms with E-state index in [9.17, 15) is 0 Å². The van der Waals surface area contributed by atoms with Gasteiger partial charge >= 0.3 is 0 Å². The molecule has 0 radical (unpaired) electrons. The van der Waals surface area contributed by atoms with Crippen molar-refractivity contribution < 1.29 is 0 Å². The third-order valence-electron chi connectivity index (χ3n) is 2.77. The van der Waals surface area contributed by atoms with Crippen molar-refractivity contribution in [3.63, 3.8) is 0 Å². The van der Waals surface area contributed by atoms with E-state index in [0.29, 0.717) is 6.04 Å². The van der Waals surface area contributed by atoms with E-state index in [1.54, 1.807) is 0 Å². The number of nitrogens with one attached hydrogen (secondary N) is 2. The minimum Gasteiger partial charge on any atom is -0.384 e. The molecule has 0 saturated heterocycles. The molecule has 1 aromatic heterocycles. The molecule has 1 atom stereocenters. The summed E-state index contributed by atoms with van der Waals surface area (Å²) < 4.78 is 0. The van der Waals surface area contributed by atoms with Crippen LogP contribution in [0.1, 0.15) is 46.5 Å². The molecule has 17 heavy (non-hydrogen) atoms. The summed E-state index contributed by atoms with van der Waals surface area (Å²) in [5, 5.41) is 6.77. The summed E-state index contributed by atoms with van der Waals surface area (Å²) in [4.78, 5) is 4.23. The zero-order chi connectivity index (χ0) is 12.5. The van der Waals surface area contributed by atoms with E-state index in [4.69, 9.17) is 0 Å². The van der Waals surface area contributed by atoms with Crippen LogP contribution in [0, 0.1) is 0 Å². The van der Waals surface area contributed by atoms with Gasteiger partial charge in [-0.25, -0.2) is 0 Å². The van der Waals surface area contributed by atoms with Crippen LogP contribution in [-0.2, 0) is 0 Å². The van der Waals surface area contributed by atoms with Gasteiger partial charge in [0.2, 0.25) is 0 Å². The van der Waals surface area contributed by atoms with Gasteiger partial charge < -0.3 is 10.6 Å². The molecule has 3 heteroatoms. The Hall–Kier alpha value is -1.25. The molecule has 3 nitrogen and oxygen atoms in total. The van der Waals surface area contributed by atoms with Crippen molar-refractivity contribution in [1.82, 2.24) is 4.98 Å². The molecule has 1 aromatic rings. The number of aromatic nitrogens is 1. The number of hydrogen-bond donors (Lipinski definition) is 2. The smallest absolute Gasteiger partial charge is 0.0549 e. The zero-order valence-corrected chi connectivity index (χ0v) is 11.3. The molecule has 0 aliphatic heterocycles. The summed E-state index contributed by atoms with van der Waals surface area (Å²) in [6, 6.07) is 2.63. The predicted octanol–water partition coefficient (Wildman–Crippen LogP) is 3.89. The fourth-order valence-corrected chi connectivity index (χ4v) is 1.88. The van der Waals surface area contributed by atoms with Crippen LogP contribution < -0.4 is 10.6 Å². The Morgan fingerprint density at radius 2 is 1.94 bits per heavy atom. The number of nitrogens with zero attached hydrogens (tertiary/aromatic N) is 1. The van der Waals surface area contributed by atoms with Crippen LogP contribution >= 0.6 is 0 Å². The normalized spacial score (nSPS) is 12.2. The summed E-state index contributed by atoms with van der Waals surface area (Å²) in [5.74, 6) is 0. The standard InChI is InChI=1S/C14H25N3/c1-4-6-7-8-12(3)17-14-9-13(16-5-2)10-15-11-14/h9-12,16-17H,4-8H2,1-3H3. The molecule has 0 fully saturated rings. The second kappa shape index (κ2) is 7.93. The summed E-state index contributed by atoms with van der Waals surface area (Å²) in [5.41, 5.74) is 2.19. The van der Waals surface area contributed by atoms with Gasteiger partial charge in [-0.15, -0.1) is 0 Å². The summed E-state index contributed by atoms with van der Waals surface area (Å²) in [6.45, 7) is 7.49. The van der Waals surface area contributed by atoms with Gasteiger partial charge in [0.1, 0.15) is 0 Å². The highest BCUT2D eigenvalue weighted by Gasteiger charge is 2.02. The highest BCUT2D eigenvalue weighted by Crippen LogP contribution is 2.15. The maximum atomic E-state index is 4.23. The number of unbranched alkanes of at least 4 members (excludes halogenated alkanes) is 2. The third kappa shape index (κ3) is 5.57. The second-order valence-electron chi connectivity index (χ2n) is 4.53. The Kier molecular flexibility index (Phi) is 6.45. The van der Waals surface area contributed by atoms with Crippen molar-refractivity contribution >= 4 is 11.4 Å². The van der Waals surface area contributed by atoms with E-state index < -0.39 is 0 Å². The average molecular weight is 235 g/mol. The lowest BCUT2D eigenvalue weighted by Crippen LogP contribution is -2.15. The summed E-state index contributed by atoms with van der Waals surface area (Å²) in [7, 11) is 0. The Labute approximate surface area is 105 Å². The topological polar surface area (TPSA) is 37.0 Å². The van der Waals surface area contributed by atoms with Crippen LogP contribution in [0.5, 0.6) is 0 Å². The van der Waals surface area contributed by atoms with Crippen molar-refractivity contribution in [2.45, 2.75) is 52.5 Å². The summed E-state index contributed by atoms with van der Waals surface area (Å²) in [6.07, 6.45) is 8.86. The van der Waals surface area contributed by atoms with Gasteiger partial charge in [-0.05, 0) is 26.3 Å². The van der Waals surface area contributed by atoms with Crippen molar-refractivity contribution in [2.75, 3.05) is 17.2 Å². The molecule has 0 aliphatic carbocycles. The lowest BCUT2D eigenvalue weighted by atomic mass is 10.1. The molecule has 0 aromatic carbocycles. The van der Waals surface area contributed by atoms with Crippen molar-refractivity contribution in [3.05, 3.63) is 18.5 Å². The van der Waals surface area contributed by atoms with E-state index in [-0.39, 0.29) is 0 Å². The predicted molar refractivity (Wildman–Crippen MR) is 75.6 cm³/mol. The molecular formula is C14H25N3. The van der Waals surface area contributed by atoms with Crippen molar-refractivity contribution in [3.8, 4) is 0 Å². The van der Waals surface area contributed by atoms with Gasteiger partial charge in [-0.1, -0.05) is 26.2 Å². The Bertz CT molecular complexity index is 312. The fourth-order valence-electron chi connectivity index (χ4n) is 1.88. The van der Waals surface area contributed by atoms with Crippen LogP contribution in [0.3, 0.4) is 0 Å². The molecule has 0 amide bonds. The van der Waals surface area contributed by atoms with Crippen LogP contribution in [0.2, 0.25) is 0 Å². The molecule has 0 spiro atoms. The van der Waals surface area contributed by atoms with Gasteiger partial charge in [0.15, 0.2) is 0 Å². The first-order chi connectivity index (χ1) is 8.26. The quantitative estimate of drug-likeness (QED) is 0.671. The molecular weight excluding hydrogens is 210 g/mol. The molecule has 0 bridgehead atoms. The molecule has 96 valence electrons. The van der Waals surface area contributed by atoms with Crippen LogP contribution in [0.15, 0.2) is 18.5 Å². The van der Waals surface area contributed by atoms with Crippen LogP contribution in [0.25, 0.3) is 0 Å². The summed E-state index contributed by atoms with van der Waals surface area (Å²) >= 11 is 0. The number of pyridine rings is 1. The van der Waals surface area contributed by atoms with Crippen LogP contribution in [-0.4, -0.2) is 17.6 Å². The Morgan fingerprint density at radius 3 is 2.65 bits per heavy atom. The van der Waals surface area contributed by atoms with Crippen molar-refractivity contribution in [2.24, 2.45) is 0 Å². The van der Waals surface area contributed by atoms with E-state index in [1.165, 1.54) is 25.7 Å². The monoisotopic (exact) mass is 235 g/mol. The lowest BCUT2D eigenvalue weighted by Gasteiger charge is -2.15. The Balaban J connectivity index is 2.41. The molecule has 0 aliphatic rings. The first kappa shape index (κ1) is 13.8. The van der Waals surface area contributed by atoms with E-state index >= 15 is 0 Å². The van der Waals surface area contributed by atoms with Crippen LogP contribution in [0.4, 0.5) is 11.4 Å². The van der Waals surface area contributed by atoms with Gasteiger partial charge in [-0.2, -0.15) is 0 Å². The maximum absolute atomic E-state index is 4.23. The lowest BCUT2D eigenvalue weighted by molar-refractivity contribution is 0.615. The Morgan fingerprint density at radius 1 is 1.18 bits per heavy atom. The maximum Gasteiger partial charge on any atom is 0.0549 e. The molecule has 1 rings (SSSR count). The number of anilines is 2. The second-order valence-corrected chi connectivity index (χ2v) is 4.53. The fraction of sp³-hybridized carbons (Fsp3) is 0.643. The van der Waals surface area contributed by atoms with Gasteiger partial charge in [0.25, 0.3) is 0 Å². The first-order valence-electron chi connectivity index (χ1n) is 6.71. The van der Waals surface area contributed by atoms with Crippen molar-refractivity contribution in [1.29, 1.82) is 0 Å². The molecule has 2 N–H and O–H groups in total. The van der Waals surface area contributed by atoms with E-state index in [0.717, 1.165) is 17.9 Å². The van der Waals surface area contributed by atoms with Gasteiger partial charge in [-0.3, -0.25) is 4.98 Å². The minimum absolute atomic E-state index is 0.514. The van der Waals surface area contributed by atoms with E-state index in [2.05, 4.69) is 42.5 Å².